The monoisotopic (exact) mass is 298 g/mol. The first-order chi connectivity index (χ1) is 9.67. The molecule has 6 nitrogen and oxygen atoms in total. The highest BCUT2D eigenvalue weighted by molar-refractivity contribution is 6.29. The van der Waals surface area contributed by atoms with Gasteiger partial charge in [-0.15, -0.1) is 0 Å². The Morgan fingerprint density at radius 2 is 2.15 bits per heavy atom. The zero-order chi connectivity index (χ0) is 14.5. The topological polar surface area (TPSA) is 62.6 Å². The van der Waals surface area contributed by atoms with Gasteiger partial charge in [0.05, 0.1) is 36.9 Å². The summed E-state index contributed by atoms with van der Waals surface area (Å²) in [4.78, 5) is 15.7. The maximum absolute atomic E-state index is 11.5. The highest BCUT2D eigenvalue weighted by Gasteiger charge is 2.12. The van der Waals surface area contributed by atoms with Gasteiger partial charge in [0, 0.05) is 7.11 Å². The van der Waals surface area contributed by atoms with Gasteiger partial charge in [0.25, 0.3) is 0 Å². The summed E-state index contributed by atoms with van der Waals surface area (Å²) in [7, 11) is 2.94. The summed E-state index contributed by atoms with van der Waals surface area (Å²) in [5.74, 6) is -0.408. The molecule has 1 aromatic heterocycles. The number of hydrogen-bond acceptors (Lipinski definition) is 5. The average molecular weight is 299 g/mol. The molecule has 0 radical (unpaired) electrons. The number of ether oxygens (including phenoxy) is 3. The van der Waals surface area contributed by atoms with Gasteiger partial charge in [-0.2, -0.15) is 0 Å². The molecule has 20 heavy (non-hydrogen) atoms. The fourth-order valence-corrected chi connectivity index (χ4v) is 2.00. The number of imidazole rings is 1. The second kappa shape index (κ2) is 6.69. The molecule has 0 spiro atoms. The van der Waals surface area contributed by atoms with Gasteiger partial charge < -0.3 is 14.2 Å². The lowest BCUT2D eigenvalue weighted by atomic mass is 10.2. The number of fused-ring (bicyclic) bond motifs is 1. The van der Waals surface area contributed by atoms with E-state index in [2.05, 4.69) is 9.72 Å². The molecule has 0 bridgehead atoms. The normalized spacial score (nSPS) is 10.9. The molecule has 1 heterocycles. The highest BCUT2D eigenvalue weighted by atomic mass is 35.5. The van der Waals surface area contributed by atoms with Crippen LogP contribution >= 0.6 is 11.6 Å². The summed E-state index contributed by atoms with van der Waals surface area (Å²) in [6.45, 7) is 1.25. The summed E-state index contributed by atoms with van der Waals surface area (Å²) in [6, 6.07) is 5.07. The molecule has 2 rings (SSSR count). The van der Waals surface area contributed by atoms with Gasteiger partial charge in [-0.3, -0.25) is 4.57 Å². The van der Waals surface area contributed by atoms with Crippen LogP contribution in [-0.2, 0) is 20.9 Å². The van der Waals surface area contributed by atoms with Crippen LogP contribution in [0.1, 0.15) is 10.4 Å². The molecule has 7 heteroatoms. The number of aromatic nitrogens is 2. The number of carbonyl (C=O) groups is 1. The molecule has 0 saturated carbocycles. The Morgan fingerprint density at radius 1 is 1.35 bits per heavy atom. The van der Waals surface area contributed by atoms with Crippen molar-refractivity contribution < 1.29 is 19.0 Å². The molecule has 0 saturated heterocycles. The molecule has 0 aliphatic heterocycles. The molecule has 0 N–H and O–H groups in total. The molecule has 0 atom stereocenters. The van der Waals surface area contributed by atoms with Crippen molar-refractivity contribution >= 4 is 28.6 Å². The Balaban J connectivity index is 2.23. The number of esters is 1. The smallest absolute Gasteiger partial charge is 0.337 e. The van der Waals surface area contributed by atoms with Gasteiger partial charge in [-0.1, -0.05) is 0 Å². The molecule has 0 fully saturated rings. The highest BCUT2D eigenvalue weighted by Crippen LogP contribution is 2.21. The van der Waals surface area contributed by atoms with Crippen molar-refractivity contribution in [1.82, 2.24) is 9.55 Å². The van der Waals surface area contributed by atoms with Crippen molar-refractivity contribution in [2.24, 2.45) is 0 Å². The Bertz CT molecular complexity index is 612. The Kier molecular flexibility index (Phi) is 4.94. The number of hydrogen-bond donors (Lipinski definition) is 0. The maximum atomic E-state index is 11.5. The lowest BCUT2D eigenvalue weighted by Gasteiger charge is -2.07. The molecule has 0 aliphatic carbocycles. The molecule has 0 unspecified atom stereocenters. The van der Waals surface area contributed by atoms with Gasteiger partial charge >= 0.3 is 5.97 Å². The molecule has 1 aromatic carbocycles. The Labute approximate surface area is 121 Å². The zero-order valence-corrected chi connectivity index (χ0v) is 12.0. The van der Waals surface area contributed by atoms with Crippen LogP contribution in [0.15, 0.2) is 18.2 Å². The van der Waals surface area contributed by atoms with Crippen molar-refractivity contribution in [2.75, 3.05) is 27.4 Å². The van der Waals surface area contributed by atoms with Crippen molar-refractivity contribution in [1.29, 1.82) is 0 Å². The molecular weight excluding hydrogens is 284 g/mol. The van der Waals surface area contributed by atoms with Crippen LogP contribution in [0.4, 0.5) is 0 Å². The van der Waals surface area contributed by atoms with E-state index in [1.807, 2.05) is 0 Å². The molecule has 2 aromatic rings. The summed E-state index contributed by atoms with van der Waals surface area (Å²) >= 11 is 6.07. The van der Waals surface area contributed by atoms with Gasteiger partial charge in [0.1, 0.15) is 6.73 Å². The SMILES string of the molecule is COCCOCn1c(Cl)nc2cc(C(=O)OC)ccc21. The van der Waals surface area contributed by atoms with Crippen molar-refractivity contribution in [3.05, 3.63) is 29.0 Å². The fraction of sp³-hybridized carbons (Fsp3) is 0.385. The fourth-order valence-electron chi connectivity index (χ4n) is 1.77. The van der Waals surface area contributed by atoms with Crippen molar-refractivity contribution in [2.45, 2.75) is 6.73 Å². The standard InChI is InChI=1S/C13H15ClN2O4/c1-18-5-6-20-8-16-11-4-3-9(12(17)19-2)7-10(11)15-13(16)14/h3-4,7H,5-6,8H2,1-2H3. The molecule has 0 aliphatic rings. The first-order valence-corrected chi connectivity index (χ1v) is 6.36. The first kappa shape index (κ1) is 14.8. The van der Waals surface area contributed by atoms with E-state index in [0.717, 1.165) is 5.52 Å². The van der Waals surface area contributed by atoms with E-state index in [-0.39, 0.29) is 6.73 Å². The maximum Gasteiger partial charge on any atom is 0.337 e. The number of halogens is 1. The average Bonchev–Trinajstić information content (AvgIpc) is 2.77. The van der Waals surface area contributed by atoms with Crippen LogP contribution in [0.25, 0.3) is 11.0 Å². The molecular formula is C13H15ClN2O4. The summed E-state index contributed by atoms with van der Waals surface area (Å²) in [5.41, 5.74) is 1.84. The first-order valence-electron chi connectivity index (χ1n) is 5.98. The van der Waals surface area contributed by atoms with E-state index < -0.39 is 5.97 Å². The summed E-state index contributed by atoms with van der Waals surface area (Å²) in [6.07, 6.45) is 0. The minimum atomic E-state index is -0.408. The van der Waals surface area contributed by atoms with Gasteiger partial charge in [-0.05, 0) is 29.8 Å². The third-order valence-corrected chi connectivity index (χ3v) is 3.06. The number of benzene rings is 1. The number of carbonyl (C=O) groups excluding carboxylic acids is 1. The third kappa shape index (κ3) is 3.09. The van der Waals surface area contributed by atoms with Crippen LogP contribution in [0.3, 0.4) is 0 Å². The summed E-state index contributed by atoms with van der Waals surface area (Å²) < 4.78 is 16.7. The van der Waals surface area contributed by atoms with Crippen LogP contribution in [0.2, 0.25) is 5.28 Å². The Morgan fingerprint density at radius 3 is 2.85 bits per heavy atom. The van der Waals surface area contributed by atoms with Crippen LogP contribution < -0.4 is 0 Å². The van der Waals surface area contributed by atoms with Crippen molar-refractivity contribution in [3.8, 4) is 0 Å². The molecule has 108 valence electrons. The lowest BCUT2D eigenvalue weighted by molar-refractivity contribution is 0.0359. The van der Waals surface area contributed by atoms with Crippen LogP contribution in [-0.4, -0.2) is 43.0 Å². The van der Waals surface area contributed by atoms with E-state index in [1.165, 1.54) is 7.11 Å². The predicted molar refractivity (Wildman–Crippen MR) is 73.9 cm³/mol. The zero-order valence-electron chi connectivity index (χ0n) is 11.3. The second-order valence-electron chi connectivity index (χ2n) is 4.03. The van der Waals surface area contributed by atoms with Gasteiger partial charge in [0.2, 0.25) is 5.28 Å². The quantitative estimate of drug-likeness (QED) is 0.603. The number of methoxy groups -OCH3 is 2. The minimum Gasteiger partial charge on any atom is -0.465 e. The van der Waals surface area contributed by atoms with Gasteiger partial charge in [0.15, 0.2) is 0 Å². The van der Waals surface area contributed by atoms with Crippen molar-refractivity contribution in [3.63, 3.8) is 0 Å². The summed E-state index contributed by atoms with van der Waals surface area (Å²) in [5, 5.41) is 0.305. The lowest BCUT2D eigenvalue weighted by Crippen LogP contribution is -2.07. The second-order valence-corrected chi connectivity index (χ2v) is 4.37. The van der Waals surface area contributed by atoms with E-state index in [1.54, 1.807) is 29.9 Å². The van der Waals surface area contributed by atoms with E-state index in [9.17, 15) is 4.79 Å². The predicted octanol–water partition coefficient (Wildman–Crippen LogP) is 2.10. The van der Waals surface area contributed by atoms with Gasteiger partial charge in [-0.25, -0.2) is 9.78 Å². The Hall–Kier alpha value is -1.63. The van der Waals surface area contributed by atoms with Crippen LogP contribution in [0.5, 0.6) is 0 Å². The number of rotatable bonds is 6. The van der Waals surface area contributed by atoms with E-state index in [0.29, 0.717) is 29.6 Å². The third-order valence-electron chi connectivity index (χ3n) is 2.77. The van der Waals surface area contributed by atoms with E-state index in [4.69, 9.17) is 21.1 Å². The van der Waals surface area contributed by atoms with Crippen LogP contribution in [0, 0.1) is 0 Å². The number of nitrogens with zero attached hydrogens (tertiary/aromatic N) is 2. The largest absolute Gasteiger partial charge is 0.465 e. The molecule has 0 amide bonds. The van der Waals surface area contributed by atoms with E-state index >= 15 is 0 Å². The minimum absolute atomic E-state index is 0.274.